The highest BCUT2D eigenvalue weighted by molar-refractivity contribution is 5.79. The second kappa shape index (κ2) is 7.29. The van der Waals surface area contributed by atoms with E-state index in [0.29, 0.717) is 18.7 Å². The molecule has 2 N–H and O–H groups in total. The summed E-state index contributed by atoms with van der Waals surface area (Å²) in [4.78, 5) is 11.4. The molecule has 6 heteroatoms. The molecule has 1 heterocycles. The lowest BCUT2D eigenvalue weighted by Crippen LogP contribution is -2.46. The van der Waals surface area contributed by atoms with Gasteiger partial charge in [0.05, 0.1) is 6.10 Å². The molecule has 5 rings (SSSR count). The first-order valence-corrected chi connectivity index (χ1v) is 10.7. The first kappa shape index (κ1) is 19.4. The number of methoxy groups -OCH3 is 1. The van der Waals surface area contributed by atoms with E-state index in [4.69, 9.17) is 25.0 Å². The van der Waals surface area contributed by atoms with Crippen molar-refractivity contribution in [3.8, 4) is 5.75 Å². The largest absolute Gasteiger partial charge is 0.489 e. The quantitative estimate of drug-likeness (QED) is 0.836. The number of hydrogen-bond donors (Lipinski definition) is 1. The molecule has 1 unspecified atom stereocenters. The number of guanidine groups is 1. The monoisotopic (exact) mass is 407 g/mol. The van der Waals surface area contributed by atoms with Gasteiger partial charge < -0.3 is 15.2 Å². The molecule has 3 aliphatic rings. The molecule has 0 aromatic heterocycles. The molecule has 1 atom stereocenters. The van der Waals surface area contributed by atoms with Gasteiger partial charge >= 0.3 is 0 Å². The van der Waals surface area contributed by atoms with Gasteiger partial charge in [0.25, 0.3) is 0 Å². The number of benzene rings is 2. The molecule has 1 aliphatic heterocycles. The number of nitrogens with zero attached hydrogens (tertiary/aromatic N) is 2. The minimum atomic E-state index is -0.786. The van der Waals surface area contributed by atoms with Gasteiger partial charge in [-0.2, -0.15) is 0 Å². The maximum Gasteiger partial charge on any atom is 0.220 e. The highest BCUT2D eigenvalue weighted by Crippen LogP contribution is 2.62. The van der Waals surface area contributed by atoms with Crippen molar-refractivity contribution in [1.82, 2.24) is 5.06 Å². The number of aliphatic imine (C=N–C) groups is 1. The molecule has 2 aliphatic carbocycles. The minimum Gasteiger partial charge on any atom is -0.489 e. The number of ether oxygens (including phenoxy) is 2. The van der Waals surface area contributed by atoms with Crippen LogP contribution in [-0.2, 0) is 28.3 Å². The third kappa shape index (κ3) is 2.97. The zero-order chi connectivity index (χ0) is 20.8. The second-order valence-corrected chi connectivity index (χ2v) is 8.69. The third-order valence-corrected chi connectivity index (χ3v) is 7.03. The Morgan fingerprint density at radius 2 is 1.93 bits per heavy atom. The average molecular weight is 408 g/mol. The standard InChI is InChI=1S/C24H29N3O3/c1-27-22(25)26-24(30-27)21-14-20(29-16-17-6-4-3-5-7-17)9-8-18(21)15-23(24)12-10-19(28-2)11-13-23/h3-9,14,19H,10-13,15-16H2,1-2H3,(H2,25,26)/t19-,23-,24?. The van der Waals surface area contributed by atoms with E-state index in [1.54, 1.807) is 12.2 Å². The Hall–Kier alpha value is -2.57. The summed E-state index contributed by atoms with van der Waals surface area (Å²) in [5, 5.41) is 1.61. The van der Waals surface area contributed by atoms with Crippen LogP contribution in [-0.4, -0.2) is 31.3 Å². The van der Waals surface area contributed by atoms with Gasteiger partial charge in [-0.3, -0.25) is 0 Å². The SMILES string of the molecule is CO[C@H]1CC[C@]2(CC1)Cc1ccc(OCc3ccccc3)cc1C21N=C(N)N(C)O1. The van der Waals surface area contributed by atoms with Gasteiger partial charge in [0, 0.05) is 25.1 Å². The molecular weight excluding hydrogens is 378 g/mol. The molecule has 30 heavy (non-hydrogen) atoms. The summed E-state index contributed by atoms with van der Waals surface area (Å²) in [5.41, 5.74) is 8.79. The van der Waals surface area contributed by atoms with Gasteiger partial charge in [-0.1, -0.05) is 36.4 Å². The summed E-state index contributed by atoms with van der Waals surface area (Å²) in [6.07, 6.45) is 5.23. The normalized spacial score (nSPS) is 30.0. The summed E-state index contributed by atoms with van der Waals surface area (Å²) in [6, 6.07) is 16.5. The van der Waals surface area contributed by atoms with E-state index in [2.05, 4.69) is 30.3 Å². The molecule has 1 saturated carbocycles. The fourth-order valence-electron chi connectivity index (χ4n) is 5.34. The Morgan fingerprint density at radius 1 is 1.17 bits per heavy atom. The summed E-state index contributed by atoms with van der Waals surface area (Å²) < 4.78 is 11.7. The number of hydrogen-bond acceptors (Lipinski definition) is 6. The lowest BCUT2D eigenvalue weighted by atomic mass is 9.66. The van der Waals surface area contributed by atoms with Crippen LogP contribution >= 0.6 is 0 Å². The van der Waals surface area contributed by atoms with Gasteiger partial charge in [0.2, 0.25) is 11.7 Å². The highest BCUT2D eigenvalue weighted by Gasteiger charge is 2.63. The number of fused-ring (bicyclic) bond motifs is 3. The molecule has 2 spiro atoms. The van der Waals surface area contributed by atoms with Crippen molar-refractivity contribution < 1.29 is 14.3 Å². The Kier molecular flexibility index (Phi) is 4.71. The van der Waals surface area contributed by atoms with Crippen LogP contribution in [0.3, 0.4) is 0 Å². The van der Waals surface area contributed by atoms with E-state index in [0.717, 1.165) is 49.0 Å². The number of nitrogens with two attached hydrogens (primary N) is 1. The van der Waals surface area contributed by atoms with Crippen molar-refractivity contribution in [2.75, 3.05) is 14.2 Å². The zero-order valence-electron chi connectivity index (χ0n) is 17.6. The van der Waals surface area contributed by atoms with Crippen molar-refractivity contribution in [3.63, 3.8) is 0 Å². The predicted molar refractivity (Wildman–Crippen MR) is 115 cm³/mol. The molecule has 0 bridgehead atoms. The first-order valence-electron chi connectivity index (χ1n) is 10.7. The predicted octanol–water partition coefficient (Wildman–Crippen LogP) is 3.74. The van der Waals surface area contributed by atoms with E-state index in [-0.39, 0.29) is 5.41 Å². The van der Waals surface area contributed by atoms with Crippen LogP contribution in [0.1, 0.15) is 42.4 Å². The van der Waals surface area contributed by atoms with Crippen LogP contribution in [0.25, 0.3) is 0 Å². The zero-order valence-corrected chi connectivity index (χ0v) is 17.6. The van der Waals surface area contributed by atoms with Crippen LogP contribution in [0.15, 0.2) is 53.5 Å². The lowest BCUT2D eigenvalue weighted by Gasteiger charge is -2.45. The van der Waals surface area contributed by atoms with Gasteiger partial charge in [-0.25, -0.2) is 14.9 Å². The smallest absolute Gasteiger partial charge is 0.220 e. The van der Waals surface area contributed by atoms with Crippen molar-refractivity contribution in [2.45, 2.75) is 50.5 Å². The Labute approximate surface area is 177 Å². The molecule has 0 radical (unpaired) electrons. The van der Waals surface area contributed by atoms with Crippen molar-refractivity contribution >= 4 is 5.96 Å². The van der Waals surface area contributed by atoms with Crippen LogP contribution < -0.4 is 10.5 Å². The molecule has 0 saturated heterocycles. The summed E-state index contributed by atoms with van der Waals surface area (Å²) in [5.74, 6) is 1.25. The van der Waals surface area contributed by atoms with Crippen LogP contribution in [0.5, 0.6) is 5.75 Å². The van der Waals surface area contributed by atoms with E-state index >= 15 is 0 Å². The topological polar surface area (TPSA) is 69.3 Å². The second-order valence-electron chi connectivity index (χ2n) is 8.69. The average Bonchev–Trinajstić information content (AvgIpc) is 3.21. The van der Waals surface area contributed by atoms with E-state index in [1.165, 1.54) is 5.56 Å². The van der Waals surface area contributed by atoms with Gasteiger partial charge in [0.15, 0.2) is 0 Å². The van der Waals surface area contributed by atoms with E-state index < -0.39 is 5.72 Å². The van der Waals surface area contributed by atoms with E-state index in [1.807, 2.05) is 25.2 Å². The van der Waals surface area contributed by atoms with Crippen molar-refractivity contribution in [1.29, 1.82) is 0 Å². The summed E-state index contributed by atoms with van der Waals surface area (Å²) in [7, 11) is 3.63. The van der Waals surface area contributed by atoms with Gasteiger partial charge in [0.1, 0.15) is 12.4 Å². The Morgan fingerprint density at radius 3 is 2.60 bits per heavy atom. The van der Waals surface area contributed by atoms with Crippen LogP contribution in [0.2, 0.25) is 0 Å². The summed E-state index contributed by atoms with van der Waals surface area (Å²) >= 11 is 0. The van der Waals surface area contributed by atoms with Crippen molar-refractivity contribution in [3.05, 3.63) is 65.2 Å². The molecule has 2 aromatic carbocycles. The molecule has 2 aromatic rings. The van der Waals surface area contributed by atoms with Crippen LogP contribution in [0, 0.1) is 5.41 Å². The number of hydroxylamine groups is 2. The third-order valence-electron chi connectivity index (χ3n) is 7.03. The fraction of sp³-hybridized carbons (Fsp3) is 0.458. The van der Waals surface area contributed by atoms with E-state index in [9.17, 15) is 0 Å². The maximum absolute atomic E-state index is 6.44. The van der Waals surface area contributed by atoms with Crippen molar-refractivity contribution in [2.24, 2.45) is 16.1 Å². The molecule has 6 nitrogen and oxygen atoms in total. The first-order chi connectivity index (χ1) is 14.6. The van der Waals surface area contributed by atoms with Gasteiger partial charge in [-0.15, -0.1) is 0 Å². The maximum atomic E-state index is 6.44. The Bertz CT molecular complexity index is 953. The molecule has 158 valence electrons. The minimum absolute atomic E-state index is 0.113. The molecular formula is C24H29N3O3. The lowest BCUT2D eigenvalue weighted by molar-refractivity contribution is -0.232. The summed E-state index contributed by atoms with van der Waals surface area (Å²) in [6.45, 7) is 0.527. The molecule has 0 amide bonds. The fourth-order valence-corrected chi connectivity index (χ4v) is 5.34. The number of rotatable bonds is 4. The molecule has 1 fully saturated rings. The van der Waals surface area contributed by atoms with Crippen LogP contribution in [0.4, 0.5) is 0 Å². The Balaban J connectivity index is 1.48. The van der Waals surface area contributed by atoms with Gasteiger partial charge in [-0.05, 0) is 55.4 Å². The highest BCUT2D eigenvalue weighted by atomic mass is 16.7.